The minimum atomic E-state index is -0.873. The second-order valence-corrected chi connectivity index (χ2v) is 13.9. The van der Waals surface area contributed by atoms with Gasteiger partial charge in [0.2, 0.25) is 0 Å². The monoisotopic (exact) mass is 724 g/mol. The highest BCUT2D eigenvalue weighted by molar-refractivity contribution is 5.58. The first-order chi connectivity index (χ1) is 26.6. The lowest BCUT2D eigenvalue weighted by Crippen LogP contribution is -2.57. The van der Waals surface area contributed by atoms with Gasteiger partial charge >= 0.3 is 0 Å². The summed E-state index contributed by atoms with van der Waals surface area (Å²) in [6.45, 7) is 8.19. The van der Waals surface area contributed by atoms with E-state index < -0.39 is 30.5 Å². The highest BCUT2D eigenvalue weighted by atomic mass is 16.6. The van der Waals surface area contributed by atoms with Crippen LogP contribution in [-0.2, 0) is 61.1 Å². The highest BCUT2D eigenvalue weighted by Gasteiger charge is 2.49. The number of unbranched alkanes of at least 4 members (excludes halogenated alkanes) is 1. The van der Waals surface area contributed by atoms with Crippen molar-refractivity contribution >= 4 is 6.29 Å². The van der Waals surface area contributed by atoms with E-state index >= 15 is 0 Å². The molecule has 5 aromatic rings. The summed E-state index contributed by atoms with van der Waals surface area (Å²) < 4.78 is 32.4. The second kappa shape index (κ2) is 20.7. The van der Waals surface area contributed by atoms with Crippen molar-refractivity contribution in [3.8, 4) is 0 Å². The maximum atomic E-state index is 12.9. The summed E-state index contributed by atoms with van der Waals surface area (Å²) in [7, 11) is 0. The van der Waals surface area contributed by atoms with Crippen LogP contribution >= 0.6 is 0 Å². The number of carbonyl (C=O) groups excluding carboxylic acids is 1. The Kier molecular flexibility index (Phi) is 14.9. The second-order valence-electron chi connectivity index (χ2n) is 13.9. The van der Waals surface area contributed by atoms with Crippen LogP contribution < -0.4 is 0 Å². The molecule has 1 aliphatic rings. The molecule has 5 atom stereocenters. The fourth-order valence-electron chi connectivity index (χ4n) is 6.91. The van der Waals surface area contributed by atoms with E-state index in [4.69, 9.17) is 23.7 Å². The van der Waals surface area contributed by atoms with Crippen LogP contribution in [0.1, 0.15) is 63.5 Å². The number of aldehydes is 1. The molecule has 1 saturated heterocycles. The smallest absolute Gasteiger partial charge is 0.151 e. The van der Waals surface area contributed by atoms with Crippen molar-refractivity contribution in [3.63, 3.8) is 0 Å². The molecular formula is C48H52O6. The maximum Gasteiger partial charge on any atom is 0.151 e. The minimum Gasteiger partial charge on any atom is -0.377 e. The van der Waals surface area contributed by atoms with E-state index in [9.17, 15) is 4.79 Å². The zero-order chi connectivity index (χ0) is 37.4. The first-order valence-electron chi connectivity index (χ1n) is 19.0. The number of rotatable bonds is 20. The maximum absolute atomic E-state index is 12.9. The van der Waals surface area contributed by atoms with Gasteiger partial charge in [0.05, 0.1) is 26.4 Å². The summed E-state index contributed by atoms with van der Waals surface area (Å²) in [4.78, 5) is 12.9. The Morgan fingerprint density at radius 1 is 0.630 bits per heavy atom. The van der Waals surface area contributed by atoms with Crippen molar-refractivity contribution < 1.29 is 28.5 Å². The number of benzene rings is 5. The lowest BCUT2D eigenvalue weighted by atomic mass is 9.88. The molecule has 6 nitrogen and oxygen atoms in total. The first-order valence-corrected chi connectivity index (χ1v) is 19.0. The third kappa shape index (κ3) is 11.2. The van der Waals surface area contributed by atoms with E-state index in [1.54, 1.807) is 6.08 Å². The van der Waals surface area contributed by atoms with Gasteiger partial charge in [-0.2, -0.15) is 0 Å². The summed E-state index contributed by atoms with van der Waals surface area (Å²) >= 11 is 0. The third-order valence-electron chi connectivity index (χ3n) is 9.92. The van der Waals surface area contributed by atoms with E-state index in [-0.39, 0.29) is 0 Å². The summed E-state index contributed by atoms with van der Waals surface area (Å²) in [5.74, 6) is 0. The van der Waals surface area contributed by atoms with Gasteiger partial charge < -0.3 is 28.5 Å². The van der Waals surface area contributed by atoms with Crippen molar-refractivity contribution in [2.75, 3.05) is 13.2 Å². The van der Waals surface area contributed by atoms with E-state index in [0.29, 0.717) is 26.4 Å². The Balaban J connectivity index is 1.26. The first kappa shape index (κ1) is 39.0. The van der Waals surface area contributed by atoms with Crippen LogP contribution in [0, 0.1) is 6.92 Å². The molecule has 0 aromatic heterocycles. The van der Waals surface area contributed by atoms with Crippen LogP contribution in [0.25, 0.3) is 0 Å². The van der Waals surface area contributed by atoms with Crippen LogP contribution in [0.4, 0.5) is 0 Å². The van der Waals surface area contributed by atoms with Crippen molar-refractivity contribution in [3.05, 3.63) is 191 Å². The van der Waals surface area contributed by atoms with E-state index in [1.165, 1.54) is 22.3 Å². The van der Waals surface area contributed by atoms with E-state index in [0.717, 1.165) is 60.8 Å². The molecule has 0 spiro atoms. The van der Waals surface area contributed by atoms with Gasteiger partial charge in [-0.25, -0.2) is 0 Å². The van der Waals surface area contributed by atoms with Gasteiger partial charge in [-0.1, -0.05) is 140 Å². The molecule has 0 radical (unpaired) electrons. The standard InChI is InChI=1S/C48H52O6/c1-3-28-50-29-14-13-15-37-23-25-38(26-24-37)30-43-31-42(27-22-36(43)2)45-47(52-34-40-18-9-5-10-19-40)48(53-35-41-20-11-6-12-21-41)46(44(32-49)54-45)51-33-39-16-7-4-8-17-39/h3-12,16-27,31-32,44-48H,1,13-15,28-30,33-35H2,2H3/t44-,45+,46-,47+,48+/m1/s1. The van der Waals surface area contributed by atoms with Crippen molar-refractivity contribution in [2.24, 2.45) is 0 Å². The number of hydrogen-bond acceptors (Lipinski definition) is 6. The van der Waals surface area contributed by atoms with Crippen LogP contribution in [0.5, 0.6) is 0 Å². The number of ether oxygens (including phenoxy) is 5. The van der Waals surface area contributed by atoms with Gasteiger partial charge in [-0.05, 0) is 77.1 Å². The summed E-state index contributed by atoms with van der Waals surface area (Å²) in [5, 5.41) is 0. The predicted octanol–water partition coefficient (Wildman–Crippen LogP) is 9.51. The summed E-state index contributed by atoms with van der Waals surface area (Å²) in [6.07, 6.45) is 3.19. The predicted molar refractivity (Wildman–Crippen MR) is 213 cm³/mol. The molecule has 0 unspecified atom stereocenters. The minimum absolute atomic E-state index is 0.304. The van der Waals surface area contributed by atoms with Crippen LogP contribution in [-0.4, -0.2) is 43.9 Å². The Hall–Kier alpha value is -4.69. The molecule has 5 aromatic carbocycles. The summed E-state index contributed by atoms with van der Waals surface area (Å²) in [6, 6.07) is 45.4. The largest absolute Gasteiger partial charge is 0.377 e. The molecule has 280 valence electrons. The van der Waals surface area contributed by atoms with Gasteiger partial charge in [0, 0.05) is 6.61 Å². The third-order valence-corrected chi connectivity index (χ3v) is 9.92. The molecule has 6 rings (SSSR count). The molecule has 54 heavy (non-hydrogen) atoms. The Bertz CT molecular complexity index is 1840. The SMILES string of the molecule is C=CCOCCCCc1ccc(Cc2cc([C@@H]3O[C@H](C=O)[C@@H](OCc4ccccc4)[C@H](OCc4ccccc4)[C@H]3OCc3ccccc3)ccc2C)cc1. The zero-order valence-electron chi connectivity index (χ0n) is 31.3. The van der Waals surface area contributed by atoms with E-state index in [2.05, 4.69) is 56.0 Å². The number of carbonyl (C=O) groups is 1. The van der Waals surface area contributed by atoms with Crippen LogP contribution in [0.2, 0.25) is 0 Å². The molecule has 0 saturated carbocycles. The van der Waals surface area contributed by atoms with Gasteiger partial charge in [0.15, 0.2) is 6.29 Å². The lowest BCUT2D eigenvalue weighted by Gasteiger charge is -2.45. The van der Waals surface area contributed by atoms with Crippen molar-refractivity contribution in [1.82, 2.24) is 0 Å². The molecule has 0 amide bonds. The molecular weight excluding hydrogens is 673 g/mol. The van der Waals surface area contributed by atoms with Gasteiger partial charge in [-0.3, -0.25) is 0 Å². The molecule has 6 heteroatoms. The van der Waals surface area contributed by atoms with Gasteiger partial charge in [-0.15, -0.1) is 6.58 Å². The van der Waals surface area contributed by atoms with Crippen LogP contribution in [0.3, 0.4) is 0 Å². The van der Waals surface area contributed by atoms with Crippen molar-refractivity contribution in [1.29, 1.82) is 0 Å². The Morgan fingerprint density at radius 3 is 1.76 bits per heavy atom. The molecule has 0 N–H and O–H groups in total. The highest BCUT2D eigenvalue weighted by Crippen LogP contribution is 2.38. The molecule has 0 bridgehead atoms. The fraction of sp³-hybridized carbons (Fsp3) is 0.312. The number of aryl methyl sites for hydroxylation is 2. The quantitative estimate of drug-likeness (QED) is 0.0453. The number of hydrogen-bond donors (Lipinski definition) is 0. The Morgan fingerprint density at radius 2 is 1.19 bits per heavy atom. The topological polar surface area (TPSA) is 63.2 Å². The summed E-state index contributed by atoms with van der Waals surface area (Å²) in [5.41, 5.74) is 8.93. The Labute approximate surface area is 320 Å². The van der Waals surface area contributed by atoms with E-state index in [1.807, 2.05) is 91.0 Å². The molecule has 1 aliphatic heterocycles. The van der Waals surface area contributed by atoms with Crippen LogP contribution in [0.15, 0.2) is 146 Å². The molecule has 1 heterocycles. The van der Waals surface area contributed by atoms with Crippen molar-refractivity contribution in [2.45, 2.75) is 82.9 Å². The normalized spacial score (nSPS) is 19.7. The van der Waals surface area contributed by atoms with Gasteiger partial charge in [0.25, 0.3) is 0 Å². The van der Waals surface area contributed by atoms with Gasteiger partial charge in [0.1, 0.15) is 30.5 Å². The average molecular weight is 725 g/mol. The molecule has 0 aliphatic carbocycles. The lowest BCUT2D eigenvalue weighted by molar-refractivity contribution is -0.259. The average Bonchev–Trinajstić information content (AvgIpc) is 3.22. The zero-order valence-corrected chi connectivity index (χ0v) is 31.3. The molecule has 1 fully saturated rings. The fourth-order valence-corrected chi connectivity index (χ4v) is 6.91.